The third kappa shape index (κ3) is 4.02. The predicted molar refractivity (Wildman–Crippen MR) is 53.3 cm³/mol. The molecule has 1 nitrogen and oxygen atoms in total. The summed E-state index contributed by atoms with van der Waals surface area (Å²) >= 11 is 0. The maximum absolute atomic E-state index is 4.07. The van der Waals surface area contributed by atoms with E-state index in [4.69, 9.17) is 0 Å². The van der Waals surface area contributed by atoms with Crippen LogP contribution >= 0.6 is 0 Å². The third-order valence-corrected chi connectivity index (χ3v) is 1.89. The van der Waals surface area contributed by atoms with Crippen molar-refractivity contribution in [2.75, 3.05) is 0 Å². The molecule has 0 bridgehead atoms. The Bertz CT molecular complexity index is 243. The number of hydrogen-bond donors (Lipinski definition) is 0. The second kappa shape index (κ2) is 4.89. The van der Waals surface area contributed by atoms with E-state index in [9.17, 15) is 0 Å². The van der Waals surface area contributed by atoms with Gasteiger partial charge < -0.3 is 4.99 Å². The fourth-order valence-electron chi connectivity index (χ4n) is 1.06. The summed E-state index contributed by atoms with van der Waals surface area (Å²) in [5.41, 5.74) is 1.35. The Labute approximate surface area is 94.7 Å². The van der Waals surface area contributed by atoms with Crippen molar-refractivity contribution in [3.63, 3.8) is 0 Å². The van der Waals surface area contributed by atoms with Crippen LogP contribution in [0.4, 0.5) is 0 Å². The van der Waals surface area contributed by atoms with Crippen molar-refractivity contribution in [1.29, 1.82) is 0 Å². The average Bonchev–Trinajstić information content (AvgIpc) is 2.11. The minimum Gasteiger partial charge on any atom is -0.393 e. The molecule has 13 heavy (non-hydrogen) atoms. The molecule has 0 fully saturated rings. The molecule has 0 saturated carbocycles. The summed E-state index contributed by atoms with van der Waals surface area (Å²) in [5.74, 6) is 0.470. The fraction of sp³-hybridized carbons (Fsp3) is 0.545. The third-order valence-electron chi connectivity index (χ3n) is 1.89. The molecule has 1 heterocycles. The van der Waals surface area contributed by atoms with Crippen LogP contribution in [0.15, 0.2) is 28.9 Å². The summed E-state index contributed by atoms with van der Waals surface area (Å²) in [6.07, 6.45) is 9.16. The molecule has 1 radical (unpaired) electrons. The number of hydrogen-bond acceptors (Lipinski definition) is 1. The van der Waals surface area contributed by atoms with Crippen molar-refractivity contribution in [3.8, 4) is 0 Å². The van der Waals surface area contributed by atoms with E-state index in [1.54, 1.807) is 0 Å². The zero-order valence-corrected chi connectivity index (χ0v) is 11.4. The number of rotatable bonds is 0. The average molecular weight is 348 g/mol. The molecule has 0 N–H and O–H groups in total. The molecule has 1 rings (SSSR count). The molecular formula is C11H16NRe-. The molecular weight excluding hydrogens is 332 g/mol. The van der Waals surface area contributed by atoms with Crippen LogP contribution in [0.25, 0.3) is 0 Å². The van der Waals surface area contributed by atoms with Gasteiger partial charge in [-0.15, -0.1) is 11.6 Å². The van der Waals surface area contributed by atoms with Crippen LogP contribution in [0.2, 0.25) is 0 Å². The van der Waals surface area contributed by atoms with Crippen LogP contribution in [-0.4, -0.2) is 6.21 Å². The van der Waals surface area contributed by atoms with Gasteiger partial charge in [-0.05, 0) is 5.41 Å². The van der Waals surface area contributed by atoms with E-state index in [2.05, 4.69) is 51.1 Å². The minimum atomic E-state index is 0. The molecule has 1 aliphatic rings. The predicted octanol–water partition coefficient (Wildman–Crippen LogP) is 3.07. The Hall–Kier alpha value is -0.188. The van der Waals surface area contributed by atoms with Gasteiger partial charge in [0, 0.05) is 20.4 Å². The van der Waals surface area contributed by atoms with Crippen LogP contribution < -0.4 is 0 Å². The minimum absolute atomic E-state index is 0. The van der Waals surface area contributed by atoms with Gasteiger partial charge in [0.2, 0.25) is 0 Å². The second-order valence-corrected chi connectivity index (χ2v) is 4.27. The van der Waals surface area contributed by atoms with E-state index < -0.39 is 0 Å². The van der Waals surface area contributed by atoms with E-state index in [-0.39, 0.29) is 25.8 Å². The first-order chi connectivity index (χ1) is 5.50. The number of allylic oxidation sites excluding steroid dienone is 3. The molecule has 1 aliphatic heterocycles. The Morgan fingerprint density at radius 2 is 2.00 bits per heavy atom. The van der Waals surface area contributed by atoms with Crippen LogP contribution in [0.5, 0.6) is 0 Å². The topological polar surface area (TPSA) is 12.4 Å². The molecule has 0 saturated heterocycles. The van der Waals surface area contributed by atoms with Crippen molar-refractivity contribution >= 4 is 6.21 Å². The van der Waals surface area contributed by atoms with Gasteiger partial charge in [-0.25, -0.2) is 0 Å². The molecule has 0 aromatic heterocycles. The molecule has 0 aromatic carbocycles. The summed E-state index contributed by atoms with van der Waals surface area (Å²) in [6.45, 7) is 8.70. The largest absolute Gasteiger partial charge is 0.393 e. The standard InChI is InChI=1S/C11H16N.Re/c1-9-5-6-12-8-10(7-9)11(2,3)4;/h5-7,9H,1-4H3;/q-1;. The van der Waals surface area contributed by atoms with E-state index in [1.807, 2.05) is 6.20 Å². The first kappa shape index (κ1) is 12.8. The maximum Gasteiger partial charge on any atom is 0 e. The van der Waals surface area contributed by atoms with Gasteiger partial charge in [0.15, 0.2) is 0 Å². The Morgan fingerprint density at radius 1 is 1.38 bits per heavy atom. The molecule has 0 spiro atoms. The van der Waals surface area contributed by atoms with Crippen LogP contribution in [-0.2, 0) is 20.4 Å². The van der Waals surface area contributed by atoms with Gasteiger partial charge in [-0.3, -0.25) is 0 Å². The molecule has 0 aromatic rings. The number of nitrogens with zero attached hydrogens (tertiary/aromatic N) is 1. The molecule has 2 heteroatoms. The van der Waals surface area contributed by atoms with Gasteiger partial charge in [-0.1, -0.05) is 46.0 Å². The maximum atomic E-state index is 4.07. The fourth-order valence-corrected chi connectivity index (χ4v) is 1.06. The molecule has 1 atom stereocenters. The summed E-state index contributed by atoms with van der Waals surface area (Å²) in [5, 5.41) is 0. The van der Waals surface area contributed by atoms with Gasteiger partial charge >= 0.3 is 0 Å². The van der Waals surface area contributed by atoms with Crippen molar-refractivity contribution in [2.45, 2.75) is 27.7 Å². The summed E-state index contributed by atoms with van der Waals surface area (Å²) in [6, 6.07) is 0. The molecule has 0 amide bonds. The summed E-state index contributed by atoms with van der Waals surface area (Å²) < 4.78 is 0. The molecule has 1 unspecified atom stereocenters. The SMILES string of the molecule is CC1C=CN=[C-]C(C(C)(C)C)=C1.[Re]. The smallest absolute Gasteiger partial charge is 0 e. The van der Waals surface area contributed by atoms with Gasteiger partial charge in [0.05, 0.1) is 0 Å². The van der Waals surface area contributed by atoms with Gasteiger partial charge in [-0.2, -0.15) is 6.08 Å². The molecule has 0 aliphatic carbocycles. The first-order valence-electron chi connectivity index (χ1n) is 4.35. The van der Waals surface area contributed by atoms with Crippen molar-refractivity contribution in [3.05, 3.63) is 23.9 Å². The summed E-state index contributed by atoms with van der Waals surface area (Å²) in [7, 11) is 0. The van der Waals surface area contributed by atoms with Gasteiger partial charge in [0.25, 0.3) is 0 Å². The van der Waals surface area contributed by atoms with Crippen molar-refractivity contribution < 1.29 is 20.4 Å². The van der Waals surface area contributed by atoms with Crippen LogP contribution in [0.1, 0.15) is 27.7 Å². The second-order valence-electron chi connectivity index (χ2n) is 4.27. The van der Waals surface area contributed by atoms with E-state index in [0.717, 1.165) is 0 Å². The van der Waals surface area contributed by atoms with E-state index in [0.29, 0.717) is 5.92 Å². The van der Waals surface area contributed by atoms with Crippen molar-refractivity contribution in [2.24, 2.45) is 16.3 Å². The Balaban J connectivity index is 0.00000144. The normalized spacial score (nSPS) is 21.8. The zero-order chi connectivity index (χ0) is 9.19. The van der Waals surface area contributed by atoms with Gasteiger partial charge in [0.1, 0.15) is 0 Å². The summed E-state index contributed by atoms with van der Waals surface area (Å²) in [4.78, 5) is 4.07. The van der Waals surface area contributed by atoms with E-state index >= 15 is 0 Å². The van der Waals surface area contributed by atoms with Crippen molar-refractivity contribution in [1.82, 2.24) is 0 Å². The Kier molecular flexibility index (Phi) is 4.82. The van der Waals surface area contributed by atoms with Crippen LogP contribution in [0, 0.1) is 11.3 Å². The number of aliphatic imine (C=N–C) groups is 1. The van der Waals surface area contributed by atoms with Crippen LogP contribution in [0.3, 0.4) is 0 Å². The first-order valence-corrected chi connectivity index (χ1v) is 4.35. The monoisotopic (exact) mass is 349 g/mol. The van der Waals surface area contributed by atoms with E-state index in [1.165, 1.54) is 5.57 Å². The zero-order valence-electron chi connectivity index (χ0n) is 8.63. The molecule has 73 valence electrons. The quantitative estimate of drug-likeness (QED) is 0.597. The Morgan fingerprint density at radius 3 is 2.54 bits per heavy atom.